The van der Waals surface area contributed by atoms with Gasteiger partial charge in [0.2, 0.25) is 0 Å². The van der Waals surface area contributed by atoms with E-state index < -0.39 is 0 Å². The highest BCUT2D eigenvalue weighted by atomic mass is 79.9. The Kier molecular flexibility index (Phi) is 6.55. The molecule has 30 heavy (non-hydrogen) atoms. The molecule has 0 radical (unpaired) electrons. The van der Waals surface area contributed by atoms with Crippen molar-refractivity contribution in [3.63, 3.8) is 0 Å². The van der Waals surface area contributed by atoms with Gasteiger partial charge in [-0.3, -0.25) is 9.69 Å². The quantitative estimate of drug-likeness (QED) is 0.516. The second-order valence-electron chi connectivity index (χ2n) is 7.56. The minimum atomic E-state index is -0.0557. The minimum absolute atomic E-state index is 0.0557. The first-order valence-corrected chi connectivity index (χ1v) is 10.9. The van der Waals surface area contributed by atoms with Gasteiger partial charge in [-0.15, -0.1) is 0 Å². The Balaban J connectivity index is 1.27. The third kappa shape index (κ3) is 5.32. The molecule has 0 unspecified atom stereocenters. The molecule has 2 heterocycles. The first-order chi connectivity index (χ1) is 14.6. The summed E-state index contributed by atoms with van der Waals surface area (Å²) in [5, 5.41) is 0. The van der Waals surface area contributed by atoms with E-state index in [1.165, 1.54) is 11.1 Å². The van der Waals surface area contributed by atoms with Crippen LogP contribution in [0, 0.1) is 6.92 Å². The maximum atomic E-state index is 12.8. The van der Waals surface area contributed by atoms with Crippen molar-refractivity contribution in [1.82, 2.24) is 9.80 Å². The molecule has 156 valence electrons. The van der Waals surface area contributed by atoms with Crippen molar-refractivity contribution < 1.29 is 13.9 Å². The van der Waals surface area contributed by atoms with E-state index in [1.807, 2.05) is 29.2 Å². The molecule has 0 bridgehead atoms. The summed E-state index contributed by atoms with van der Waals surface area (Å²) >= 11 is 3.40. The van der Waals surface area contributed by atoms with Crippen LogP contribution in [-0.4, -0.2) is 41.9 Å². The molecule has 1 fully saturated rings. The van der Waals surface area contributed by atoms with Crippen LogP contribution in [0.1, 0.15) is 27.4 Å². The average Bonchev–Trinajstić information content (AvgIpc) is 3.24. The monoisotopic (exact) mass is 468 g/mol. The number of benzene rings is 2. The van der Waals surface area contributed by atoms with Crippen molar-refractivity contribution in [3.8, 4) is 5.75 Å². The fourth-order valence-corrected chi connectivity index (χ4v) is 3.74. The molecule has 6 heteroatoms. The Bertz CT molecular complexity index is 974. The van der Waals surface area contributed by atoms with Gasteiger partial charge < -0.3 is 14.1 Å². The van der Waals surface area contributed by atoms with Crippen LogP contribution >= 0.6 is 15.9 Å². The standard InChI is InChI=1S/C24H25BrN2O3/c1-18-2-4-19(5-3-18)16-26-12-14-27(15-13-26)24(28)23-11-10-22(30-23)17-29-21-8-6-20(25)7-9-21/h2-11H,12-17H2,1H3. The molecular weight excluding hydrogens is 444 g/mol. The van der Waals surface area contributed by atoms with Gasteiger partial charge in [-0.2, -0.15) is 0 Å². The predicted octanol–water partition coefficient (Wildman–Crippen LogP) is 4.89. The van der Waals surface area contributed by atoms with Crippen LogP contribution in [-0.2, 0) is 13.2 Å². The van der Waals surface area contributed by atoms with E-state index in [2.05, 4.69) is 52.0 Å². The Morgan fingerprint density at radius 3 is 2.37 bits per heavy atom. The van der Waals surface area contributed by atoms with E-state index in [1.54, 1.807) is 12.1 Å². The van der Waals surface area contributed by atoms with Crippen LogP contribution in [0.15, 0.2) is 69.6 Å². The second kappa shape index (κ2) is 9.49. The van der Waals surface area contributed by atoms with Gasteiger partial charge in [0, 0.05) is 37.2 Å². The molecule has 2 aromatic carbocycles. The van der Waals surface area contributed by atoms with Gasteiger partial charge in [0.05, 0.1) is 0 Å². The number of nitrogens with zero attached hydrogens (tertiary/aromatic N) is 2. The summed E-state index contributed by atoms with van der Waals surface area (Å²) < 4.78 is 12.5. The third-order valence-corrected chi connectivity index (χ3v) is 5.78. The molecule has 4 rings (SSSR count). The van der Waals surface area contributed by atoms with Crippen LogP contribution in [0.25, 0.3) is 0 Å². The van der Waals surface area contributed by atoms with Gasteiger partial charge in [0.15, 0.2) is 5.76 Å². The number of hydrogen-bond acceptors (Lipinski definition) is 4. The predicted molar refractivity (Wildman–Crippen MR) is 120 cm³/mol. The van der Waals surface area contributed by atoms with Gasteiger partial charge >= 0.3 is 0 Å². The average molecular weight is 469 g/mol. The molecule has 1 amide bonds. The zero-order chi connectivity index (χ0) is 20.9. The molecule has 1 aliphatic heterocycles. The first kappa shape index (κ1) is 20.7. The second-order valence-corrected chi connectivity index (χ2v) is 8.48. The number of rotatable bonds is 6. The lowest BCUT2D eigenvalue weighted by Gasteiger charge is -2.34. The lowest BCUT2D eigenvalue weighted by molar-refractivity contribution is 0.0594. The van der Waals surface area contributed by atoms with E-state index >= 15 is 0 Å². The number of halogens is 1. The smallest absolute Gasteiger partial charge is 0.289 e. The van der Waals surface area contributed by atoms with Gasteiger partial charge in [-0.05, 0) is 48.9 Å². The highest BCUT2D eigenvalue weighted by molar-refractivity contribution is 9.10. The van der Waals surface area contributed by atoms with Crippen molar-refractivity contribution in [3.05, 3.63) is 87.8 Å². The fraction of sp³-hybridized carbons (Fsp3) is 0.292. The van der Waals surface area contributed by atoms with Gasteiger partial charge in [-0.25, -0.2) is 0 Å². The normalized spacial score (nSPS) is 14.7. The number of carbonyl (C=O) groups is 1. The zero-order valence-corrected chi connectivity index (χ0v) is 18.6. The number of ether oxygens (including phenoxy) is 1. The highest BCUT2D eigenvalue weighted by Gasteiger charge is 2.24. The number of carbonyl (C=O) groups excluding carboxylic acids is 1. The molecule has 1 aliphatic rings. The summed E-state index contributed by atoms with van der Waals surface area (Å²) in [4.78, 5) is 17.0. The molecule has 0 atom stereocenters. The minimum Gasteiger partial charge on any atom is -0.486 e. The molecule has 1 saturated heterocycles. The van der Waals surface area contributed by atoms with Crippen molar-refractivity contribution in [2.45, 2.75) is 20.1 Å². The number of amides is 1. The summed E-state index contributed by atoms with van der Waals surface area (Å²) in [7, 11) is 0. The van der Waals surface area contributed by atoms with Gasteiger partial charge in [-0.1, -0.05) is 45.8 Å². The fourth-order valence-electron chi connectivity index (χ4n) is 3.47. The summed E-state index contributed by atoms with van der Waals surface area (Å²) in [6, 6.07) is 19.8. The van der Waals surface area contributed by atoms with E-state index in [-0.39, 0.29) is 5.91 Å². The lowest BCUT2D eigenvalue weighted by Crippen LogP contribution is -2.48. The van der Waals surface area contributed by atoms with Gasteiger partial charge in [0.25, 0.3) is 5.91 Å². The van der Waals surface area contributed by atoms with E-state index in [0.717, 1.165) is 29.9 Å². The van der Waals surface area contributed by atoms with Crippen LogP contribution in [0.2, 0.25) is 0 Å². The molecule has 0 saturated carbocycles. The SMILES string of the molecule is Cc1ccc(CN2CCN(C(=O)c3ccc(COc4ccc(Br)cc4)o3)CC2)cc1. The Hall–Kier alpha value is -2.57. The summed E-state index contributed by atoms with van der Waals surface area (Å²) in [6.45, 7) is 6.44. The van der Waals surface area contributed by atoms with E-state index in [0.29, 0.717) is 31.2 Å². The summed E-state index contributed by atoms with van der Waals surface area (Å²) in [5.74, 6) is 1.71. The zero-order valence-electron chi connectivity index (χ0n) is 17.0. The molecule has 1 aromatic heterocycles. The van der Waals surface area contributed by atoms with Crippen LogP contribution in [0.3, 0.4) is 0 Å². The van der Waals surface area contributed by atoms with Crippen molar-refractivity contribution in [1.29, 1.82) is 0 Å². The number of aryl methyl sites for hydroxylation is 1. The first-order valence-electron chi connectivity index (χ1n) is 10.1. The molecule has 3 aromatic rings. The van der Waals surface area contributed by atoms with Crippen LogP contribution in [0.5, 0.6) is 5.75 Å². The van der Waals surface area contributed by atoms with Gasteiger partial charge in [0.1, 0.15) is 18.1 Å². The molecule has 5 nitrogen and oxygen atoms in total. The third-order valence-electron chi connectivity index (χ3n) is 5.25. The van der Waals surface area contributed by atoms with Crippen LogP contribution < -0.4 is 4.74 Å². The summed E-state index contributed by atoms with van der Waals surface area (Å²) in [6.07, 6.45) is 0. The molecule has 0 aliphatic carbocycles. The largest absolute Gasteiger partial charge is 0.486 e. The number of piperazine rings is 1. The van der Waals surface area contributed by atoms with E-state index in [4.69, 9.17) is 9.15 Å². The van der Waals surface area contributed by atoms with Crippen molar-refractivity contribution in [2.75, 3.05) is 26.2 Å². The Morgan fingerprint density at radius 2 is 1.67 bits per heavy atom. The molecular formula is C24H25BrN2O3. The van der Waals surface area contributed by atoms with E-state index in [9.17, 15) is 4.79 Å². The maximum absolute atomic E-state index is 12.8. The topological polar surface area (TPSA) is 45.9 Å². The molecule has 0 spiro atoms. The molecule has 0 N–H and O–H groups in total. The highest BCUT2D eigenvalue weighted by Crippen LogP contribution is 2.19. The van der Waals surface area contributed by atoms with Crippen molar-refractivity contribution in [2.24, 2.45) is 0 Å². The summed E-state index contributed by atoms with van der Waals surface area (Å²) in [5.41, 5.74) is 2.58. The number of hydrogen-bond donors (Lipinski definition) is 0. The Labute approximate surface area is 185 Å². The van der Waals surface area contributed by atoms with Crippen LogP contribution in [0.4, 0.5) is 0 Å². The lowest BCUT2D eigenvalue weighted by atomic mass is 10.1. The maximum Gasteiger partial charge on any atom is 0.289 e. The Morgan fingerprint density at radius 1 is 0.967 bits per heavy atom. The van der Waals surface area contributed by atoms with Crippen molar-refractivity contribution >= 4 is 21.8 Å². The number of furan rings is 1.